The number of carbonyl (C=O) groups excluding carboxylic acids is 1. The Labute approximate surface area is 175 Å². The summed E-state index contributed by atoms with van der Waals surface area (Å²) in [6, 6.07) is 9.83. The SMILES string of the molecule is CC(=O)Nc1ccc(S(=O)(=O)NCC(c2c(F)cccc2Cl)N2CCCC2)cc1. The molecule has 2 aromatic carbocycles. The Morgan fingerprint density at radius 3 is 2.41 bits per heavy atom. The summed E-state index contributed by atoms with van der Waals surface area (Å²) in [5.41, 5.74) is 0.810. The summed E-state index contributed by atoms with van der Waals surface area (Å²) in [5, 5.41) is 2.87. The van der Waals surface area contributed by atoms with E-state index in [0.717, 1.165) is 25.9 Å². The van der Waals surface area contributed by atoms with Crippen molar-refractivity contribution in [2.75, 3.05) is 25.0 Å². The zero-order valence-electron chi connectivity index (χ0n) is 16.0. The monoisotopic (exact) mass is 439 g/mol. The van der Waals surface area contributed by atoms with Crippen molar-refractivity contribution >= 4 is 33.2 Å². The Hall–Kier alpha value is -2.00. The molecule has 0 bridgehead atoms. The number of likely N-dealkylation sites (tertiary alicyclic amines) is 1. The van der Waals surface area contributed by atoms with Crippen LogP contribution in [0.3, 0.4) is 0 Å². The van der Waals surface area contributed by atoms with Crippen LogP contribution in [0.2, 0.25) is 5.02 Å². The van der Waals surface area contributed by atoms with Crippen LogP contribution in [0.4, 0.5) is 10.1 Å². The minimum Gasteiger partial charge on any atom is -0.326 e. The molecule has 0 radical (unpaired) electrons. The zero-order valence-corrected chi connectivity index (χ0v) is 17.6. The Balaban J connectivity index is 1.80. The van der Waals surface area contributed by atoms with Gasteiger partial charge in [-0.3, -0.25) is 9.69 Å². The number of sulfonamides is 1. The lowest BCUT2D eigenvalue weighted by atomic mass is 10.0. The number of carbonyl (C=O) groups is 1. The number of hydrogen-bond donors (Lipinski definition) is 2. The van der Waals surface area contributed by atoms with Gasteiger partial charge in [0.1, 0.15) is 5.82 Å². The molecule has 1 heterocycles. The lowest BCUT2D eigenvalue weighted by molar-refractivity contribution is -0.114. The van der Waals surface area contributed by atoms with Crippen molar-refractivity contribution in [3.63, 3.8) is 0 Å². The van der Waals surface area contributed by atoms with E-state index >= 15 is 0 Å². The molecule has 2 aromatic rings. The number of nitrogens with zero attached hydrogens (tertiary/aromatic N) is 1. The highest BCUT2D eigenvalue weighted by Gasteiger charge is 2.29. The van der Waals surface area contributed by atoms with E-state index in [1.807, 2.05) is 4.90 Å². The molecule has 0 saturated carbocycles. The van der Waals surface area contributed by atoms with Crippen LogP contribution in [-0.4, -0.2) is 38.9 Å². The van der Waals surface area contributed by atoms with Gasteiger partial charge in [-0.1, -0.05) is 17.7 Å². The van der Waals surface area contributed by atoms with E-state index in [1.165, 1.54) is 43.3 Å². The average molecular weight is 440 g/mol. The number of rotatable bonds is 7. The number of nitrogens with one attached hydrogen (secondary N) is 2. The van der Waals surface area contributed by atoms with E-state index in [9.17, 15) is 17.6 Å². The molecule has 1 saturated heterocycles. The van der Waals surface area contributed by atoms with E-state index in [4.69, 9.17) is 11.6 Å². The molecule has 0 spiro atoms. The van der Waals surface area contributed by atoms with Gasteiger partial charge in [0, 0.05) is 29.7 Å². The van der Waals surface area contributed by atoms with Crippen LogP contribution in [0.25, 0.3) is 0 Å². The minimum atomic E-state index is -3.82. The fraction of sp³-hybridized carbons (Fsp3) is 0.350. The predicted molar refractivity (Wildman–Crippen MR) is 111 cm³/mol. The van der Waals surface area contributed by atoms with Gasteiger partial charge in [-0.05, 0) is 62.3 Å². The molecule has 9 heteroatoms. The maximum Gasteiger partial charge on any atom is 0.240 e. The summed E-state index contributed by atoms with van der Waals surface area (Å²) in [6.07, 6.45) is 1.94. The van der Waals surface area contributed by atoms with Crippen LogP contribution >= 0.6 is 11.6 Å². The van der Waals surface area contributed by atoms with Crippen LogP contribution in [0.5, 0.6) is 0 Å². The van der Waals surface area contributed by atoms with Crippen molar-refractivity contribution in [1.29, 1.82) is 0 Å². The van der Waals surface area contributed by atoms with Crippen LogP contribution in [-0.2, 0) is 14.8 Å². The van der Waals surface area contributed by atoms with E-state index in [0.29, 0.717) is 11.3 Å². The topological polar surface area (TPSA) is 78.5 Å². The summed E-state index contributed by atoms with van der Waals surface area (Å²) in [7, 11) is -3.82. The van der Waals surface area contributed by atoms with Crippen molar-refractivity contribution in [3.05, 3.63) is 58.9 Å². The lowest BCUT2D eigenvalue weighted by Crippen LogP contribution is -2.37. The molecule has 3 rings (SSSR count). The normalized spacial score (nSPS) is 16.0. The van der Waals surface area contributed by atoms with Crippen LogP contribution in [0.15, 0.2) is 47.4 Å². The first kappa shape index (κ1) is 21.7. The van der Waals surface area contributed by atoms with E-state index < -0.39 is 21.9 Å². The second-order valence-electron chi connectivity index (χ2n) is 6.95. The molecule has 1 unspecified atom stereocenters. The van der Waals surface area contributed by atoms with Crippen molar-refractivity contribution in [3.8, 4) is 0 Å². The highest BCUT2D eigenvalue weighted by atomic mass is 35.5. The fourth-order valence-electron chi connectivity index (χ4n) is 3.49. The van der Waals surface area contributed by atoms with E-state index in [1.54, 1.807) is 6.07 Å². The molecule has 29 heavy (non-hydrogen) atoms. The summed E-state index contributed by atoms with van der Waals surface area (Å²) in [5.74, 6) is -0.692. The van der Waals surface area contributed by atoms with Crippen molar-refractivity contribution in [1.82, 2.24) is 9.62 Å². The third-order valence-corrected chi connectivity index (χ3v) is 6.64. The molecule has 2 N–H and O–H groups in total. The van der Waals surface area contributed by atoms with Crippen LogP contribution in [0, 0.1) is 5.82 Å². The van der Waals surface area contributed by atoms with Gasteiger partial charge in [-0.2, -0.15) is 0 Å². The van der Waals surface area contributed by atoms with Gasteiger partial charge in [0.2, 0.25) is 15.9 Å². The van der Waals surface area contributed by atoms with Gasteiger partial charge in [0.25, 0.3) is 0 Å². The van der Waals surface area contributed by atoms with Gasteiger partial charge < -0.3 is 5.32 Å². The number of anilines is 1. The first-order valence-electron chi connectivity index (χ1n) is 9.33. The average Bonchev–Trinajstić information content (AvgIpc) is 3.18. The van der Waals surface area contributed by atoms with Crippen molar-refractivity contribution in [2.24, 2.45) is 0 Å². The fourth-order valence-corrected chi connectivity index (χ4v) is 4.82. The maximum absolute atomic E-state index is 14.5. The van der Waals surface area contributed by atoms with E-state index in [2.05, 4.69) is 10.0 Å². The molecular weight excluding hydrogens is 417 g/mol. The van der Waals surface area contributed by atoms with Crippen LogP contribution in [0.1, 0.15) is 31.4 Å². The van der Waals surface area contributed by atoms with Gasteiger partial charge in [0.15, 0.2) is 0 Å². The second kappa shape index (κ2) is 9.21. The summed E-state index contributed by atoms with van der Waals surface area (Å²) >= 11 is 6.25. The number of hydrogen-bond acceptors (Lipinski definition) is 4. The molecular formula is C20H23ClFN3O3S. The van der Waals surface area contributed by atoms with Crippen molar-refractivity contribution in [2.45, 2.75) is 30.7 Å². The van der Waals surface area contributed by atoms with Gasteiger partial charge >= 0.3 is 0 Å². The Kier molecular flexibility index (Phi) is 6.89. The van der Waals surface area contributed by atoms with Crippen molar-refractivity contribution < 1.29 is 17.6 Å². The Morgan fingerprint density at radius 2 is 1.83 bits per heavy atom. The largest absolute Gasteiger partial charge is 0.326 e. The molecule has 1 aliphatic heterocycles. The van der Waals surface area contributed by atoms with Crippen LogP contribution < -0.4 is 10.0 Å². The summed E-state index contributed by atoms with van der Waals surface area (Å²) in [6.45, 7) is 2.87. The predicted octanol–water partition coefficient (Wildman–Crippen LogP) is 3.55. The standard InChI is InChI=1S/C20H23ClFN3O3S/c1-14(26)24-15-7-9-16(10-8-15)29(27,28)23-13-19(25-11-2-3-12-25)20-17(21)5-4-6-18(20)22/h4-10,19,23H,2-3,11-13H2,1H3,(H,24,26). The molecule has 0 aromatic heterocycles. The van der Waals surface area contributed by atoms with E-state index in [-0.39, 0.29) is 22.4 Å². The molecule has 156 valence electrons. The maximum atomic E-state index is 14.5. The summed E-state index contributed by atoms with van der Waals surface area (Å²) in [4.78, 5) is 13.2. The third kappa shape index (κ3) is 5.33. The Morgan fingerprint density at radius 1 is 1.17 bits per heavy atom. The quantitative estimate of drug-likeness (QED) is 0.691. The molecule has 0 aliphatic carbocycles. The zero-order chi connectivity index (χ0) is 21.0. The highest BCUT2D eigenvalue weighted by Crippen LogP contribution is 2.32. The smallest absolute Gasteiger partial charge is 0.240 e. The second-order valence-corrected chi connectivity index (χ2v) is 9.13. The minimum absolute atomic E-state index is 0.00354. The first-order valence-corrected chi connectivity index (χ1v) is 11.2. The molecule has 1 atom stereocenters. The number of amides is 1. The third-order valence-electron chi connectivity index (χ3n) is 4.87. The molecule has 1 amide bonds. The van der Waals surface area contributed by atoms with Gasteiger partial charge in [-0.15, -0.1) is 0 Å². The number of benzene rings is 2. The van der Waals surface area contributed by atoms with Gasteiger partial charge in [-0.25, -0.2) is 17.5 Å². The molecule has 1 fully saturated rings. The molecule has 6 nitrogen and oxygen atoms in total. The lowest BCUT2D eigenvalue weighted by Gasteiger charge is -2.29. The Bertz CT molecular complexity index is 957. The molecule has 1 aliphatic rings. The number of halogens is 2. The van der Waals surface area contributed by atoms with Gasteiger partial charge in [0.05, 0.1) is 10.9 Å². The summed E-state index contributed by atoms with van der Waals surface area (Å²) < 4.78 is 42.6. The first-order chi connectivity index (χ1) is 13.8. The highest BCUT2D eigenvalue weighted by molar-refractivity contribution is 7.89.